The van der Waals surface area contributed by atoms with E-state index in [0.717, 1.165) is 6.07 Å². The Labute approximate surface area is 149 Å². The van der Waals surface area contributed by atoms with E-state index in [0.29, 0.717) is 11.3 Å². The molecular formula is C19H18FNO5. The second kappa shape index (κ2) is 8.75. The van der Waals surface area contributed by atoms with Crippen molar-refractivity contribution in [1.82, 2.24) is 5.32 Å². The van der Waals surface area contributed by atoms with Gasteiger partial charge in [-0.25, -0.2) is 4.39 Å². The summed E-state index contributed by atoms with van der Waals surface area (Å²) in [6, 6.07) is 11.8. The second-order valence-electron chi connectivity index (χ2n) is 5.39. The van der Waals surface area contributed by atoms with Gasteiger partial charge in [0.25, 0.3) is 5.91 Å². The van der Waals surface area contributed by atoms with Crippen molar-refractivity contribution in [3.63, 3.8) is 0 Å². The number of halogens is 1. The third-order valence-corrected chi connectivity index (χ3v) is 3.56. The van der Waals surface area contributed by atoms with Gasteiger partial charge in [0.1, 0.15) is 18.1 Å². The maximum Gasteiger partial charge on any atom is 0.326 e. The molecule has 0 aliphatic carbocycles. The molecule has 7 heteroatoms. The van der Waals surface area contributed by atoms with E-state index in [1.165, 1.54) is 32.2 Å². The van der Waals surface area contributed by atoms with Crippen LogP contribution < -0.4 is 10.1 Å². The number of carbonyl (C=O) groups excluding carboxylic acids is 3. The minimum absolute atomic E-state index is 0.178. The average Bonchev–Trinajstić information content (AvgIpc) is 2.66. The third-order valence-electron chi connectivity index (χ3n) is 3.56. The molecule has 1 atom stereocenters. The zero-order chi connectivity index (χ0) is 19.1. The van der Waals surface area contributed by atoms with Crippen molar-refractivity contribution in [2.24, 2.45) is 0 Å². The maximum absolute atomic E-state index is 13.5. The van der Waals surface area contributed by atoms with Crippen LogP contribution in [0.1, 0.15) is 27.6 Å². The van der Waals surface area contributed by atoms with E-state index in [1.807, 2.05) is 0 Å². The van der Waals surface area contributed by atoms with Crippen molar-refractivity contribution in [3.8, 4) is 5.75 Å². The Kier molecular flexibility index (Phi) is 6.43. The number of benzene rings is 2. The highest BCUT2D eigenvalue weighted by molar-refractivity contribution is 6.00. The highest BCUT2D eigenvalue weighted by Gasteiger charge is 2.20. The zero-order valence-corrected chi connectivity index (χ0v) is 14.3. The van der Waals surface area contributed by atoms with Crippen molar-refractivity contribution in [1.29, 1.82) is 0 Å². The molecule has 1 amide bonds. The molecule has 0 fully saturated rings. The largest absolute Gasteiger partial charge is 0.497 e. The number of nitrogens with one attached hydrogen (secondary N) is 1. The van der Waals surface area contributed by atoms with Crippen LogP contribution in [0, 0.1) is 5.82 Å². The molecule has 26 heavy (non-hydrogen) atoms. The summed E-state index contributed by atoms with van der Waals surface area (Å²) < 4.78 is 23.5. The molecule has 0 saturated carbocycles. The van der Waals surface area contributed by atoms with Crippen LogP contribution in [-0.4, -0.2) is 37.4 Å². The van der Waals surface area contributed by atoms with Gasteiger partial charge in [0.2, 0.25) is 5.78 Å². The van der Waals surface area contributed by atoms with Crippen LogP contribution in [0.25, 0.3) is 0 Å². The first-order valence-corrected chi connectivity index (χ1v) is 7.83. The summed E-state index contributed by atoms with van der Waals surface area (Å²) in [6.07, 6.45) is -1.03. The first kappa shape index (κ1) is 19.1. The number of hydrogen-bond acceptors (Lipinski definition) is 5. The van der Waals surface area contributed by atoms with Crippen LogP contribution in [0.5, 0.6) is 5.75 Å². The molecule has 0 bridgehead atoms. The second-order valence-corrected chi connectivity index (χ2v) is 5.39. The molecule has 0 aromatic heterocycles. The lowest BCUT2D eigenvalue weighted by atomic mass is 10.1. The smallest absolute Gasteiger partial charge is 0.326 e. The Morgan fingerprint density at radius 3 is 2.35 bits per heavy atom. The van der Waals surface area contributed by atoms with E-state index in [-0.39, 0.29) is 11.3 Å². The number of carbonyl (C=O) groups is 3. The number of ether oxygens (including phenoxy) is 2. The monoisotopic (exact) mass is 359 g/mol. The van der Waals surface area contributed by atoms with Crippen molar-refractivity contribution in [2.75, 3.05) is 13.7 Å². The van der Waals surface area contributed by atoms with Gasteiger partial charge in [-0.1, -0.05) is 12.1 Å². The molecule has 0 aliphatic rings. The summed E-state index contributed by atoms with van der Waals surface area (Å²) >= 11 is 0. The van der Waals surface area contributed by atoms with Crippen LogP contribution in [0.3, 0.4) is 0 Å². The van der Waals surface area contributed by atoms with Crippen LogP contribution in [-0.2, 0) is 9.53 Å². The first-order chi connectivity index (χ1) is 12.4. The maximum atomic E-state index is 13.5. The van der Waals surface area contributed by atoms with E-state index in [2.05, 4.69) is 5.32 Å². The fraction of sp³-hybridized carbons (Fsp3) is 0.211. The minimum Gasteiger partial charge on any atom is -0.497 e. The predicted molar refractivity (Wildman–Crippen MR) is 91.6 cm³/mol. The van der Waals surface area contributed by atoms with Crippen LogP contribution in [0.15, 0.2) is 48.5 Å². The number of methoxy groups -OCH3 is 1. The third kappa shape index (κ3) is 4.89. The Bertz CT molecular complexity index is 804. The molecule has 0 heterocycles. The molecule has 0 unspecified atom stereocenters. The van der Waals surface area contributed by atoms with Gasteiger partial charge in [-0.05, 0) is 43.3 Å². The topological polar surface area (TPSA) is 81.7 Å². The molecule has 6 nitrogen and oxygen atoms in total. The highest BCUT2D eigenvalue weighted by atomic mass is 19.1. The number of Topliss-reactive ketones (excluding diaryl/α,β-unsaturated/α-hetero) is 1. The molecule has 0 spiro atoms. The van der Waals surface area contributed by atoms with Gasteiger partial charge in [0.05, 0.1) is 12.7 Å². The van der Waals surface area contributed by atoms with Gasteiger partial charge in [0, 0.05) is 5.56 Å². The van der Waals surface area contributed by atoms with Gasteiger partial charge >= 0.3 is 5.97 Å². The summed E-state index contributed by atoms with van der Waals surface area (Å²) in [4.78, 5) is 35.9. The molecule has 136 valence electrons. The van der Waals surface area contributed by atoms with Crippen LogP contribution in [0.2, 0.25) is 0 Å². The number of esters is 1. The molecule has 2 aromatic carbocycles. The Hall–Kier alpha value is -3.22. The van der Waals surface area contributed by atoms with E-state index in [9.17, 15) is 18.8 Å². The fourth-order valence-corrected chi connectivity index (χ4v) is 2.18. The summed E-state index contributed by atoms with van der Waals surface area (Å²) in [5, 5.41) is 2.26. The van der Waals surface area contributed by atoms with Crippen molar-refractivity contribution in [3.05, 3.63) is 65.5 Å². The standard InChI is InChI=1S/C19H18FNO5/c1-12(18(23)13-7-9-14(25-2)10-8-13)26-17(22)11-21-19(24)15-5-3-4-6-16(15)20/h3-10,12H,11H2,1-2H3,(H,21,24)/t12-/m0/s1. The quantitative estimate of drug-likeness (QED) is 0.606. The van der Waals surface area contributed by atoms with Gasteiger partial charge in [-0.2, -0.15) is 0 Å². The van der Waals surface area contributed by atoms with Crippen molar-refractivity contribution in [2.45, 2.75) is 13.0 Å². The lowest BCUT2D eigenvalue weighted by Crippen LogP contribution is -2.34. The number of amides is 1. The number of rotatable bonds is 7. The van der Waals surface area contributed by atoms with Crippen LogP contribution in [0.4, 0.5) is 4.39 Å². The summed E-state index contributed by atoms with van der Waals surface area (Å²) in [6.45, 7) is 0.955. The Balaban J connectivity index is 1.87. The van der Waals surface area contributed by atoms with Gasteiger partial charge in [-0.15, -0.1) is 0 Å². The molecule has 0 aliphatic heterocycles. The molecule has 2 rings (SSSR count). The van der Waals surface area contributed by atoms with E-state index in [4.69, 9.17) is 9.47 Å². The normalized spacial score (nSPS) is 11.3. The molecule has 0 saturated heterocycles. The molecule has 2 aromatic rings. The zero-order valence-electron chi connectivity index (χ0n) is 14.3. The Morgan fingerprint density at radius 1 is 1.08 bits per heavy atom. The SMILES string of the molecule is COc1ccc(C(=O)[C@H](C)OC(=O)CNC(=O)c2ccccc2F)cc1. The average molecular weight is 359 g/mol. The fourth-order valence-electron chi connectivity index (χ4n) is 2.18. The van der Waals surface area contributed by atoms with Crippen LogP contribution >= 0.6 is 0 Å². The van der Waals surface area contributed by atoms with E-state index < -0.39 is 30.3 Å². The lowest BCUT2D eigenvalue weighted by Gasteiger charge is -2.13. The highest BCUT2D eigenvalue weighted by Crippen LogP contribution is 2.14. The molecule has 1 N–H and O–H groups in total. The van der Waals surface area contributed by atoms with E-state index in [1.54, 1.807) is 24.3 Å². The van der Waals surface area contributed by atoms with Crippen molar-refractivity contribution >= 4 is 17.7 Å². The van der Waals surface area contributed by atoms with Gasteiger partial charge < -0.3 is 14.8 Å². The predicted octanol–water partition coefficient (Wildman–Crippen LogP) is 2.38. The van der Waals surface area contributed by atoms with Crippen molar-refractivity contribution < 1.29 is 28.2 Å². The summed E-state index contributed by atoms with van der Waals surface area (Å²) in [5.74, 6) is -2.02. The number of hydrogen-bond donors (Lipinski definition) is 1. The summed E-state index contributed by atoms with van der Waals surface area (Å²) in [5.41, 5.74) is 0.184. The lowest BCUT2D eigenvalue weighted by molar-refractivity contribution is -0.145. The number of ketones is 1. The molecule has 0 radical (unpaired) electrons. The van der Waals surface area contributed by atoms with Gasteiger partial charge in [-0.3, -0.25) is 14.4 Å². The van der Waals surface area contributed by atoms with E-state index >= 15 is 0 Å². The first-order valence-electron chi connectivity index (χ1n) is 7.83. The minimum atomic E-state index is -1.03. The Morgan fingerprint density at radius 2 is 1.73 bits per heavy atom. The van der Waals surface area contributed by atoms with Gasteiger partial charge in [0.15, 0.2) is 6.10 Å². The molecular weight excluding hydrogens is 341 g/mol. The summed E-state index contributed by atoms with van der Waals surface area (Å²) in [7, 11) is 1.51.